The quantitative estimate of drug-likeness (QED) is 0.133. The zero-order chi connectivity index (χ0) is 35.1. The van der Waals surface area contributed by atoms with Gasteiger partial charge in [-0.1, -0.05) is 56.8 Å². The number of aromatic nitrogens is 4. The van der Waals surface area contributed by atoms with Crippen LogP contribution in [0.5, 0.6) is 0 Å². The first kappa shape index (κ1) is 35.9. The molecule has 4 bridgehead atoms. The van der Waals surface area contributed by atoms with Crippen molar-refractivity contribution in [3.05, 3.63) is 94.9 Å². The molecule has 0 saturated heterocycles. The van der Waals surface area contributed by atoms with Crippen molar-refractivity contribution < 1.29 is 18.3 Å². The summed E-state index contributed by atoms with van der Waals surface area (Å²) in [6.45, 7) is 8.77. The minimum atomic E-state index is -0.604. The summed E-state index contributed by atoms with van der Waals surface area (Å²) in [6.07, 6.45) is 4.60. The first-order valence-electron chi connectivity index (χ1n) is 16.4. The Labute approximate surface area is 309 Å². The lowest BCUT2D eigenvalue weighted by Gasteiger charge is -2.33. The third kappa shape index (κ3) is 7.44. The number of carbonyl (C=O) groups excluding carboxylic acids is 1. The molecule has 11 heteroatoms. The highest BCUT2D eigenvalue weighted by molar-refractivity contribution is 14.1. The maximum atomic E-state index is 15.9. The van der Waals surface area contributed by atoms with Gasteiger partial charge in [0.25, 0.3) is 0 Å². The van der Waals surface area contributed by atoms with Crippen LogP contribution in [0, 0.1) is 17.0 Å². The second kappa shape index (κ2) is 14.4. The molecule has 1 aliphatic rings. The Morgan fingerprint density at radius 1 is 1.08 bits per heavy atom. The van der Waals surface area contributed by atoms with E-state index in [1.165, 1.54) is 24.9 Å². The van der Waals surface area contributed by atoms with E-state index in [9.17, 15) is 4.79 Å². The molecule has 6 rings (SSSR count). The molecule has 0 saturated carbocycles. The van der Waals surface area contributed by atoms with Crippen LogP contribution in [0.2, 0.25) is 0 Å². The number of nitrogens with zero attached hydrogens (tertiary/aromatic N) is 4. The first-order valence-corrected chi connectivity index (χ1v) is 19.4. The number of rotatable bonds is 4. The van der Waals surface area contributed by atoms with Gasteiger partial charge in [0.2, 0.25) is 0 Å². The van der Waals surface area contributed by atoms with Gasteiger partial charge in [-0.3, -0.25) is 7.58 Å². The van der Waals surface area contributed by atoms with Crippen molar-refractivity contribution in [2.75, 3.05) is 18.6 Å². The predicted octanol–water partition coefficient (Wildman–Crippen LogP) is 10.1. The summed E-state index contributed by atoms with van der Waals surface area (Å²) >= 11 is 5.41. The molecular formula is C38H41F2IN4O2S2. The van der Waals surface area contributed by atoms with E-state index in [0.29, 0.717) is 28.5 Å². The Kier molecular flexibility index (Phi) is 10.5. The summed E-state index contributed by atoms with van der Waals surface area (Å²) in [5.74, 6) is 1.81. The molecule has 0 spiro atoms. The Hall–Kier alpha value is -2.90. The summed E-state index contributed by atoms with van der Waals surface area (Å²) < 4.78 is 40.1. The summed E-state index contributed by atoms with van der Waals surface area (Å²) in [6, 6.07) is 16.9. The predicted molar refractivity (Wildman–Crippen MR) is 204 cm³/mol. The second-order valence-corrected chi connectivity index (χ2v) is 17.2. The average molecular weight is 815 g/mol. The Morgan fingerprint density at radius 2 is 1.88 bits per heavy atom. The number of fused-ring (bicyclic) bond motifs is 8. The molecule has 5 aromatic rings. The highest BCUT2D eigenvalue weighted by Gasteiger charge is 2.37. The molecule has 0 fully saturated rings. The van der Waals surface area contributed by atoms with Crippen molar-refractivity contribution in [3.8, 4) is 11.4 Å². The fourth-order valence-electron chi connectivity index (χ4n) is 6.54. The number of thioether (sulfide) groups is 1. The molecule has 3 heterocycles. The van der Waals surface area contributed by atoms with Crippen molar-refractivity contribution in [1.82, 2.24) is 17.5 Å². The van der Waals surface area contributed by atoms with E-state index in [4.69, 9.17) is 14.8 Å². The Balaban J connectivity index is 1.47. The van der Waals surface area contributed by atoms with Crippen LogP contribution in [-0.2, 0) is 28.4 Å². The maximum Gasteiger partial charge on any atom is 0.306 e. The van der Waals surface area contributed by atoms with E-state index in [1.54, 1.807) is 29.9 Å². The number of ether oxygens (including phenoxy) is 1. The van der Waals surface area contributed by atoms with Crippen molar-refractivity contribution in [3.63, 3.8) is 0 Å². The zero-order valence-electron chi connectivity index (χ0n) is 28.6. The average Bonchev–Trinajstić information content (AvgIpc) is 3.65. The molecule has 258 valence electrons. The van der Waals surface area contributed by atoms with E-state index in [-0.39, 0.29) is 29.5 Å². The number of esters is 1. The molecule has 1 unspecified atom stereocenters. The van der Waals surface area contributed by atoms with Crippen LogP contribution >= 0.6 is 46.4 Å². The van der Waals surface area contributed by atoms with Crippen LogP contribution in [0.15, 0.2) is 70.6 Å². The molecule has 0 N–H and O–H groups in total. The summed E-state index contributed by atoms with van der Waals surface area (Å²) in [5.41, 5.74) is 3.60. The molecule has 2 aromatic heterocycles. The van der Waals surface area contributed by atoms with Gasteiger partial charge in [0.05, 0.1) is 57.8 Å². The van der Waals surface area contributed by atoms with Crippen molar-refractivity contribution in [2.45, 2.75) is 74.5 Å². The summed E-state index contributed by atoms with van der Waals surface area (Å²) in [5, 5.41) is 5.98. The van der Waals surface area contributed by atoms with Gasteiger partial charge in [-0.05, 0) is 90.0 Å². The van der Waals surface area contributed by atoms with Gasteiger partial charge < -0.3 is 4.74 Å². The molecule has 0 aliphatic carbocycles. The van der Waals surface area contributed by atoms with Crippen LogP contribution in [0.4, 0.5) is 8.78 Å². The van der Waals surface area contributed by atoms with Gasteiger partial charge in [-0.15, -0.1) is 0 Å². The van der Waals surface area contributed by atoms with Gasteiger partial charge >= 0.3 is 5.97 Å². The largest absolute Gasteiger partial charge is 0.469 e. The second-order valence-electron chi connectivity index (χ2n) is 14.0. The van der Waals surface area contributed by atoms with E-state index >= 15 is 8.78 Å². The van der Waals surface area contributed by atoms with Gasteiger partial charge in [0, 0.05) is 29.6 Å². The Morgan fingerprint density at radius 3 is 2.65 bits per heavy atom. The smallest absolute Gasteiger partial charge is 0.306 e. The summed E-state index contributed by atoms with van der Waals surface area (Å²) in [4.78, 5) is 18.5. The Bertz CT molecular complexity index is 2030. The van der Waals surface area contributed by atoms with E-state index in [2.05, 4.69) is 61.8 Å². The molecule has 0 radical (unpaired) electrons. The fourth-order valence-corrected chi connectivity index (χ4v) is 9.33. The normalized spacial score (nSPS) is 18.9. The number of benzene rings is 3. The van der Waals surface area contributed by atoms with E-state index in [1.807, 2.05) is 39.8 Å². The van der Waals surface area contributed by atoms with Crippen molar-refractivity contribution in [1.29, 1.82) is 0 Å². The highest BCUT2D eigenvalue weighted by Crippen LogP contribution is 2.43. The van der Waals surface area contributed by atoms with E-state index in [0.717, 1.165) is 56.8 Å². The van der Waals surface area contributed by atoms with Gasteiger partial charge in [0.15, 0.2) is 11.6 Å². The number of carbonyl (C=O) groups is 1. The van der Waals surface area contributed by atoms with Crippen LogP contribution < -0.4 is 0 Å². The number of hydrogen-bond donors (Lipinski definition) is 0. The van der Waals surface area contributed by atoms with Gasteiger partial charge in [-0.2, -0.15) is 16.9 Å². The molecule has 0 amide bonds. The number of halogens is 3. The highest BCUT2D eigenvalue weighted by atomic mass is 127. The fraction of sp³-hybridized carbons (Fsp3) is 0.395. The molecule has 3 aromatic carbocycles. The zero-order valence-corrected chi connectivity index (χ0v) is 32.4. The molecule has 49 heavy (non-hydrogen) atoms. The third-order valence-electron chi connectivity index (χ3n) is 9.70. The number of hydrogen-bond acceptors (Lipinski definition) is 6. The van der Waals surface area contributed by atoms with Crippen LogP contribution in [0.3, 0.4) is 0 Å². The number of aryl methyl sites for hydroxylation is 2. The maximum absolute atomic E-state index is 15.9. The minimum Gasteiger partial charge on any atom is -0.469 e. The summed E-state index contributed by atoms with van der Waals surface area (Å²) in [7, 11) is 3.20. The minimum absolute atomic E-state index is 0.0214. The third-order valence-corrected chi connectivity index (χ3v) is 13.2. The molecular weight excluding hydrogens is 773 g/mol. The van der Waals surface area contributed by atoms with Crippen molar-refractivity contribution >= 4 is 63.3 Å². The number of methoxy groups -OCH3 is 1. The van der Waals surface area contributed by atoms with Crippen LogP contribution in [-0.4, -0.2) is 42.1 Å². The van der Waals surface area contributed by atoms with Crippen molar-refractivity contribution in [2.24, 2.45) is 12.5 Å². The molecule has 1 aliphatic heterocycles. The monoisotopic (exact) mass is 814 g/mol. The lowest BCUT2D eigenvalue weighted by molar-refractivity contribution is -0.140. The molecule has 6 nitrogen and oxygen atoms in total. The lowest BCUT2D eigenvalue weighted by atomic mass is 9.73. The van der Waals surface area contributed by atoms with Gasteiger partial charge in [0.1, 0.15) is 11.6 Å². The molecule has 2 atom stereocenters. The standard InChI is InChI=1S/C38H41F2IN4O2S2/c1-23(18-33(46)47-6)24-8-7-9-25(19-24)38(4)15-14-37(2,3)22-48-17-13-28-27-12-16-45(41)32(27)21-31(40)34(28)49-26-10-11-30(39)29(20-26)35-42-36(38)43-44(35)5/h7-12,16,19-21,23H,13-15,17-18,22H2,1-6H3/t23?,38-/m1/s1. The van der Waals surface area contributed by atoms with Gasteiger partial charge in [-0.25, -0.2) is 18.4 Å². The van der Waals surface area contributed by atoms with Crippen LogP contribution in [0.25, 0.3) is 22.3 Å². The topological polar surface area (TPSA) is 61.9 Å². The lowest BCUT2D eigenvalue weighted by Crippen LogP contribution is -2.29. The van der Waals surface area contributed by atoms with E-state index < -0.39 is 11.2 Å². The first-order chi connectivity index (χ1) is 23.3. The SMILES string of the molecule is COC(=O)CC(C)c1cccc([C@@]2(C)CCC(C)(C)CSCCc3c(c(F)cc4c3ccn4I)Sc3ccc(F)c(c3)-c3nc2nn3C)c1. The van der Waals surface area contributed by atoms with Crippen LogP contribution in [0.1, 0.15) is 75.4 Å².